The fourth-order valence-electron chi connectivity index (χ4n) is 4.13. The molecule has 0 spiro atoms. The Labute approximate surface area is 170 Å². The molecule has 1 heterocycles. The van der Waals surface area contributed by atoms with Crippen LogP contribution in [0.2, 0.25) is 18.1 Å². The zero-order chi connectivity index (χ0) is 20.6. The number of nitrogens with zero attached hydrogens (tertiary/aromatic N) is 1. The molecule has 6 heteroatoms. The normalized spacial score (nSPS) is 27.7. The number of hydrogen-bond donors (Lipinski definition) is 2. The molecule has 2 amide bonds. The number of anilines is 1. The third-order valence-electron chi connectivity index (χ3n) is 7.02. The van der Waals surface area contributed by atoms with Crippen molar-refractivity contribution in [2.24, 2.45) is 5.41 Å². The van der Waals surface area contributed by atoms with Crippen molar-refractivity contribution in [1.82, 2.24) is 10.3 Å². The van der Waals surface area contributed by atoms with Gasteiger partial charge in [-0.15, -0.1) is 0 Å². The Bertz CT molecular complexity index is 742. The summed E-state index contributed by atoms with van der Waals surface area (Å²) in [5, 5.41) is 6.31. The van der Waals surface area contributed by atoms with Crippen LogP contribution in [0, 0.1) is 5.41 Å². The first-order valence-corrected chi connectivity index (χ1v) is 13.3. The largest absolute Gasteiger partial charge is 0.411 e. The van der Waals surface area contributed by atoms with Crippen LogP contribution in [0.25, 0.3) is 0 Å². The molecule has 2 aliphatic rings. The van der Waals surface area contributed by atoms with E-state index in [2.05, 4.69) is 62.5 Å². The maximum absolute atomic E-state index is 12.5. The minimum absolute atomic E-state index is 0.0273. The highest BCUT2D eigenvalue weighted by Gasteiger charge is 2.47. The Hall–Kier alpha value is -1.66. The molecule has 0 bridgehead atoms. The highest BCUT2D eigenvalue weighted by Crippen LogP contribution is 2.50. The number of carbonyl (C=O) groups is 1. The molecule has 28 heavy (non-hydrogen) atoms. The number of nitrogens with one attached hydrogen (secondary N) is 2. The number of fused-ring (bicyclic) bond motifs is 1. The van der Waals surface area contributed by atoms with Crippen molar-refractivity contribution in [3.63, 3.8) is 0 Å². The average Bonchev–Trinajstić information content (AvgIpc) is 2.91. The summed E-state index contributed by atoms with van der Waals surface area (Å²) in [5.74, 6) is 0. The standard InChI is InChI=1S/C22H35N3O2Si/c1-21(2,3)28(5,6)27-18-11-12-22(4)16(14-18)9-10-19(22)25-20(26)24-17-8-7-13-23-15-17/h7-8,13-15,18-19H,9-12H2,1-6H3,(H2,24,25,26)/t18-,19-,22-/m1/s1. The molecule has 1 aromatic rings. The summed E-state index contributed by atoms with van der Waals surface area (Å²) < 4.78 is 6.65. The van der Waals surface area contributed by atoms with Crippen LogP contribution in [0.15, 0.2) is 36.2 Å². The summed E-state index contributed by atoms with van der Waals surface area (Å²) in [6.45, 7) is 13.8. The Morgan fingerprint density at radius 3 is 2.71 bits per heavy atom. The van der Waals surface area contributed by atoms with Crippen LogP contribution in [0.1, 0.15) is 53.4 Å². The lowest BCUT2D eigenvalue weighted by molar-refractivity contribution is 0.163. The SMILES string of the molecule is CC(C)(C)[Si](C)(C)O[C@H]1C=C2CC[C@@H](NC(=O)Nc3cccnc3)[C@]2(C)CC1. The molecular weight excluding hydrogens is 366 g/mol. The van der Waals surface area contributed by atoms with Gasteiger partial charge in [-0.1, -0.05) is 39.3 Å². The van der Waals surface area contributed by atoms with Crippen molar-refractivity contribution in [1.29, 1.82) is 0 Å². The van der Waals surface area contributed by atoms with Crippen LogP contribution < -0.4 is 10.6 Å². The fraction of sp³-hybridized carbons (Fsp3) is 0.636. The summed E-state index contributed by atoms with van der Waals surface area (Å²) in [6.07, 6.45) is 10.0. The molecule has 0 radical (unpaired) electrons. The van der Waals surface area contributed by atoms with Crippen LogP contribution in [0.4, 0.5) is 10.5 Å². The molecule has 5 nitrogen and oxygen atoms in total. The monoisotopic (exact) mass is 401 g/mol. The van der Waals surface area contributed by atoms with E-state index in [1.807, 2.05) is 12.1 Å². The van der Waals surface area contributed by atoms with Gasteiger partial charge in [0.2, 0.25) is 0 Å². The number of urea groups is 1. The average molecular weight is 402 g/mol. The Morgan fingerprint density at radius 2 is 2.07 bits per heavy atom. The summed E-state index contributed by atoms with van der Waals surface area (Å²) in [5.41, 5.74) is 2.19. The predicted octanol–water partition coefficient (Wildman–Crippen LogP) is 5.48. The molecule has 1 saturated carbocycles. The van der Waals surface area contributed by atoms with Gasteiger partial charge in [-0.05, 0) is 55.9 Å². The second-order valence-corrected chi connectivity index (χ2v) is 14.8. The molecule has 3 atom stereocenters. The Kier molecular flexibility index (Phi) is 5.74. The van der Waals surface area contributed by atoms with Crippen LogP contribution >= 0.6 is 0 Å². The summed E-state index contributed by atoms with van der Waals surface area (Å²) in [6, 6.07) is 3.67. The number of amides is 2. The summed E-state index contributed by atoms with van der Waals surface area (Å²) in [7, 11) is -1.78. The number of pyridine rings is 1. The van der Waals surface area contributed by atoms with Crippen molar-refractivity contribution < 1.29 is 9.22 Å². The highest BCUT2D eigenvalue weighted by molar-refractivity contribution is 6.74. The lowest BCUT2D eigenvalue weighted by Gasteiger charge is -2.43. The lowest BCUT2D eigenvalue weighted by atomic mass is 9.73. The Balaban J connectivity index is 1.65. The minimum Gasteiger partial charge on any atom is -0.411 e. The van der Waals surface area contributed by atoms with Crippen LogP contribution in [-0.2, 0) is 4.43 Å². The number of rotatable bonds is 4. The maximum atomic E-state index is 12.5. The molecule has 1 aromatic heterocycles. The van der Waals surface area contributed by atoms with E-state index in [9.17, 15) is 4.79 Å². The zero-order valence-corrected chi connectivity index (χ0v) is 19.1. The topological polar surface area (TPSA) is 63.2 Å². The first-order chi connectivity index (χ1) is 13.0. The number of hydrogen-bond acceptors (Lipinski definition) is 3. The summed E-state index contributed by atoms with van der Waals surface area (Å²) in [4.78, 5) is 16.5. The molecule has 0 aromatic carbocycles. The first kappa shape index (κ1) is 21.1. The van der Waals surface area contributed by atoms with E-state index in [4.69, 9.17) is 4.43 Å². The van der Waals surface area contributed by atoms with Crippen LogP contribution in [0.3, 0.4) is 0 Å². The van der Waals surface area contributed by atoms with Crippen molar-refractivity contribution in [2.45, 2.75) is 83.7 Å². The van der Waals surface area contributed by atoms with Crippen LogP contribution in [0.5, 0.6) is 0 Å². The molecule has 2 aliphatic carbocycles. The van der Waals surface area contributed by atoms with E-state index in [1.165, 1.54) is 5.57 Å². The van der Waals surface area contributed by atoms with E-state index < -0.39 is 8.32 Å². The molecule has 0 unspecified atom stereocenters. The quantitative estimate of drug-likeness (QED) is 0.518. The molecule has 0 aliphatic heterocycles. The van der Waals surface area contributed by atoms with Crippen molar-refractivity contribution >= 4 is 20.0 Å². The van der Waals surface area contributed by atoms with Gasteiger partial charge in [-0.25, -0.2) is 4.79 Å². The van der Waals surface area contributed by atoms with E-state index in [1.54, 1.807) is 12.4 Å². The number of carbonyl (C=O) groups excluding carboxylic acids is 1. The van der Waals surface area contributed by atoms with Gasteiger partial charge in [-0.3, -0.25) is 4.98 Å². The molecule has 3 rings (SSSR count). The predicted molar refractivity (Wildman–Crippen MR) is 117 cm³/mol. The van der Waals surface area contributed by atoms with Gasteiger partial charge in [0, 0.05) is 17.7 Å². The zero-order valence-electron chi connectivity index (χ0n) is 18.1. The molecule has 1 fully saturated rings. The molecular formula is C22H35N3O2Si. The van der Waals surface area contributed by atoms with Crippen LogP contribution in [-0.4, -0.2) is 31.5 Å². The van der Waals surface area contributed by atoms with E-state index in [0.29, 0.717) is 5.69 Å². The van der Waals surface area contributed by atoms with Gasteiger partial charge in [-0.2, -0.15) is 0 Å². The fourth-order valence-corrected chi connectivity index (χ4v) is 5.42. The van der Waals surface area contributed by atoms with Crippen molar-refractivity contribution in [3.05, 3.63) is 36.2 Å². The highest BCUT2D eigenvalue weighted by atomic mass is 28.4. The van der Waals surface area contributed by atoms with E-state index >= 15 is 0 Å². The first-order valence-electron chi connectivity index (χ1n) is 10.4. The third-order valence-corrected chi connectivity index (χ3v) is 11.5. The smallest absolute Gasteiger partial charge is 0.319 e. The third kappa shape index (κ3) is 4.33. The van der Waals surface area contributed by atoms with E-state index in [-0.39, 0.29) is 28.6 Å². The number of aromatic nitrogens is 1. The molecule has 0 saturated heterocycles. The van der Waals surface area contributed by atoms with Gasteiger partial charge < -0.3 is 15.1 Å². The van der Waals surface area contributed by atoms with Gasteiger partial charge in [0.05, 0.1) is 18.0 Å². The van der Waals surface area contributed by atoms with Gasteiger partial charge in [0.1, 0.15) is 0 Å². The molecule has 2 N–H and O–H groups in total. The lowest BCUT2D eigenvalue weighted by Crippen LogP contribution is -2.48. The van der Waals surface area contributed by atoms with Crippen molar-refractivity contribution in [3.8, 4) is 0 Å². The van der Waals surface area contributed by atoms with Crippen molar-refractivity contribution in [2.75, 3.05) is 5.32 Å². The second-order valence-electron chi connectivity index (χ2n) is 10.00. The molecule has 154 valence electrons. The van der Waals surface area contributed by atoms with Gasteiger partial charge in [0.25, 0.3) is 0 Å². The maximum Gasteiger partial charge on any atom is 0.319 e. The second kappa shape index (κ2) is 7.63. The van der Waals surface area contributed by atoms with Gasteiger partial charge >= 0.3 is 6.03 Å². The van der Waals surface area contributed by atoms with Gasteiger partial charge in [0.15, 0.2) is 8.32 Å². The minimum atomic E-state index is -1.78. The van der Waals surface area contributed by atoms with E-state index in [0.717, 1.165) is 25.7 Å². The Morgan fingerprint density at radius 1 is 1.32 bits per heavy atom. The summed E-state index contributed by atoms with van der Waals surface area (Å²) >= 11 is 0.